The molecular weight excluding hydrogens is 369 g/mol. The molecular formula is C17H19F3N2O3S. The van der Waals surface area contributed by atoms with Crippen molar-refractivity contribution in [2.24, 2.45) is 0 Å². The molecule has 2 rings (SSSR count). The zero-order valence-electron chi connectivity index (χ0n) is 14.2. The van der Waals surface area contributed by atoms with E-state index in [9.17, 15) is 21.6 Å². The van der Waals surface area contributed by atoms with E-state index >= 15 is 0 Å². The quantitative estimate of drug-likeness (QED) is 0.786. The number of benzene rings is 1. The smallest absolute Gasteiger partial charge is 0.377 e. The number of ether oxygens (including phenoxy) is 1. The first-order valence-electron chi connectivity index (χ1n) is 7.85. The Labute approximate surface area is 150 Å². The standard InChI is InChI=1S/C17H19F3N2O3S/c1-3-25-11-13-5-4-6-15(9-13)26(23,24)22-12(2)14-7-8-16(21-10-14)17(18,19)20/h4-10,12,22H,3,11H2,1-2H3/t12-/m1/s1. The van der Waals surface area contributed by atoms with Gasteiger partial charge in [0.2, 0.25) is 10.0 Å². The second-order valence-corrected chi connectivity index (χ2v) is 7.32. The molecule has 0 aliphatic heterocycles. The van der Waals surface area contributed by atoms with Crippen molar-refractivity contribution in [3.63, 3.8) is 0 Å². The maximum Gasteiger partial charge on any atom is 0.433 e. The zero-order valence-corrected chi connectivity index (χ0v) is 15.1. The lowest BCUT2D eigenvalue weighted by atomic mass is 10.1. The Morgan fingerprint density at radius 2 is 1.96 bits per heavy atom. The maximum atomic E-state index is 12.6. The molecule has 1 heterocycles. The number of nitrogens with one attached hydrogen (secondary N) is 1. The minimum absolute atomic E-state index is 0.0569. The molecule has 0 radical (unpaired) electrons. The second-order valence-electron chi connectivity index (χ2n) is 5.60. The van der Waals surface area contributed by atoms with Crippen LogP contribution in [0.25, 0.3) is 0 Å². The third-order valence-corrected chi connectivity index (χ3v) is 5.13. The van der Waals surface area contributed by atoms with E-state index in [2.05, 4.69) is 9.71 Å². The predicted octanol–water partition coefficient (Wildman–Crippen LogP) is 3.68. The van der Waals surface area contributed by atoms with Crippen LogP contribution in [-0.4, -0.2) is 20.0 Å². The van der Waals surface area contributed by atoms with E-state index in [-0.39, 0.29) is 11.5 Å². The van der Waals surface area contributed by atoms with Gasteiger partial charge >= 0.3 is 6.18 Å². The van der Waals surface area contributed by atoms with Gasteiger partial charge in [-0.2, -0.15) is 13.2 Å². The molecule has 0 amide bonds. The first-order valence-corrected chi connectivity index (χ1v) is 9.34. The van der Waals surface area contributed by atoms with Gasteiger partial charge < -0.3 is 4.74 Å². The van der Waals surface area contributed by atoms with Crippen LogP contribution in [0.2, 0.25) is 0 Å². The number of nitrogens with zero attached hydrogens (tertiary/aromatic N) is 1. The molecule has 142 valence electrons. The third kappa shape index (κ3) is 5.26. The van der Waals surface area contributed by atoms with Crippen LogP contribution in [0.4, 0.5) is 13.2 Å². The summed E-state index contributed by atoms with van der Waals surface area (Å²) in [6, 6.07) is 7.57. The highest BCUT2D eigenvalue weighted by atomic mass is 32.2. The van der Waals surface area contributed by atoms with Gasteiger partial charge in [-0.15, -0.1) is 0 Å². The van der Waals surface area contributed by atoms with Crippen LogP contribution >= 0.6 is 0 Å². The summed E-state index contributed by atoms with van der Waals surface area (Å²) in [5.74, 6) is 0. The normalized spacial score (nSPS) is 13.6. The van der Waals surface area contributed by atoms with Crippen molar-refractivity contribution < 1.29 is 26.3 Å². The minimum Gasteiger partial charge on any atom is -0.377 e. The highest BCUT2D eigenvalue weighted by molar-refractivity contribution is 7.89. The predicted molar refractivity (Wildman–Crippen MR) is 89.7 cm³/mol. The van der Waals surface area contributed by atoms with Crippen LogP contribution in [0.15, 0.2) is 47.5 Å². The number of aromatic nitrogens is 1. The summed E-state index contributed by atoms with van der Waals surface area (Å²) in [7, 11) is -3.85. The number of alkyl halides is 3. The fourth-order valence-electron chi connectivity index (χ4n) is 2.22. The van der Waals surface area contributed by atoms with E-state index in [0.29, 0.717) is 17.7 Å². The Balaban J connectivity index is 2.15. The van der Waals surface area contributed by atoms with Crippen LogP contribution in [0.5, 0.6) is 0 Å². The Morgan fingerprint density at radius 3 is 2.54 bits per heavy atom. The largest absolute Gasteiger partial charge is 0.433 e. The topological polar surface area (TPSA) is 68.3 Å². The lowest BCUT2D eigenvalue weighted by Crippen LogP contribution is -2.27. The van der Waals surface area contributed by atoms with Crippen LogP contribution < -0.4 is 4.72 Å². The van der Waals surface area contributed by atoms with Crippen molar-refractivity contribution in [2.75, 3.05) is 6.61 Å². The Hall–Kier alpha value is -1.97. The van der Waals surface area contributed by atoms with Gasteiger partial charge in [0.1, 0.15) is 5.69 Å². The molecule has 0 bridgehead atoms. The second kappa shape index (κ2) is 8.15. The number of hydrogen-bond donors (Lipinski definition) is 1. The van der Waals surface area contributed by atoms with Gasteiger partial charge in [-0.25, -0.2) is 13.1 Å². The average Bonchev–Trinajstić information content (AvgIpc) is 2.59. The lowest BCUT2D eigenvalue weighted by molar-refractivity contribution is -0.141. The van der Waals surface area contributed by atoms with Crippen LogP contribution in [0.1, 0.15) is 36.7 Å². The van der Waals surface area contributed by atoms with Gasteiger partial charge in [-0.05, 0) is 43.2 Å². The summed E-state index contributed by atoms with van der Waals surface area (Å²) in [6.45, 7) is 4.17. The molecule has 26 heavy (non-hydrogen) atoms. The summed E-state index contributed by atoms with van der Waals surface area (Å²) < 4.78 is 70.4. The first kappa shape index (κ1) is 20.3. The molecule has 0 aliphatic carbocycles. The fourth-order valence-corrected chi connectivity index (χ4v) is 3.52. The van der Waals surface area contributed by atoms with Crippen molar-refractivity contribution >= 4 is 10.0 Å². The van der Waals surface area contributed by atoms with Gasteiger partial charge in [0.15, 0.2) is 0 Å². The van der Waals surface area contributed by atoms with E-state index < -0.39 is 27.9 Å². The van der Waals surface area contributed by atoms with Crippen molar-refractivity contribution in [1.82, 2.24) is 9.71 Å². The summed E-state index contributed by atoms with van der Waals surface area (Å²) >= 11 is 0. The van der Waals surface area contributed by atoms with Crippen LogP contribution in [0, 0.1) is 0 Å². The summed E-state index contributed by atoms with van der Waals surface area (Å²) in [4.78, 5) is 3.40. The number of pyridine rings is 1. The molecule has 1 aromatic heterocycles. The van der Waals surface area contributed by atoms with Crippen molar-refractivity contribution in [3.05, 3.63) is 59.4 Å². The van der Waals surface area contributed by atoms with Gasteiger partial charge in [0, 0.05) is 18.8 Å². The first-order chi connectivity index (χ1) is 12.1. The summed E-state index contributed by atoms with van der Waals surface area (Å²) in [5.41, 5.74) is 0.00514. The number of halogens is 3. The van der Waals surface area contributed by atoms with Crippen LogP contribution in [-0.2, 0) is 27.5 Å². The molecule has 2 aromatic rings. The Morgan fingerprint density at radius 1 is 1.23 bits per heavy atom. The molecule has 0 unspecified atom stereocenters. The van der Waals surface area contributed by atoms with Gasteiger partial charge in [0.25, 0.3) is 0 Å². The van der Waals surface area contributed by atoms with Crippen molar-refractivity contribution in [2.45, 2.75) is 37.6 Å². The number of sulfonamides is 1. The molecule has 0 saturated carbocycles. The van der Waals surface area contributed by atoms with E-state index in [1.54, 1.807) is 12.1 Å². The lowest BCUT2D eigenvalue weighted by Gasteiger charge is -2.15. The molecule has 1 N–H and O–H groups in total. The van der Waals surface area contributed by atoms with Gasteiger partial charge in [0.05, 0.1) is 11.5 Å². The molecule has 9 heteroatoms. The van der Waals surface area contributed by atoms with E-state index in [1.165, 1.54) is 25.1 Å². The molecule has 0 aliphatic rings. The van der Waals surface area contributed by atoms with Gasteiger partial charge in [-0.1, -0.05) is 18.2 Å². The molecule has 1 atom stereocenters. The van der Waals surface area contributed by atoms with Gasteiger partial charge in [-0.3, -0.25) is 4.98 Å². The SMILES string of the molecule is CCOCc1cccc(S(=O)(=O)N[C@H](C)c2ccc(C(F)(F)F)nc2)c1. The number of hydrogen-bond acceptors (Lipinski definition) is 4. The summed E-state index contributed by atoms with van der Waals surface area (Å²) in [5, 5.41) is 0. The Kier molecular flexibility index (Phi) is 6.38. The molecule has 5 nitrogen and oxygen atoms in total. The third-order valence-electron chi connectivity index (χ3n) is 3.59. The van der Waals surface area contributed by atoms with E-state index in [1.807, 2.05) is 6.92 Å². The molecule has 0 fully saturated rings. The van der Waals surface area contributed by atoms with E-state index in [4.69, 9.17) is 4.74 Å². The average molecular weight is 388 g/mol. The fraction of sp³-hybridized carbons (Fsp3) is 0.353. The van der Waals surface area contributed by atoms with E-state index in [0.717, 1.165) is 12.3 Å². The maximum absolute atomic E-state index is 12.6. The van der Waals surface area contributed by atoms with Crippen molar-refractivity contribution in [1.29, 1.82) is 0 Å². The highest BCUT2D eigenvalue weighted by Crippen LogP contribution is 2.28. The molecule has 0 spiro atoms. The summed E-state index contributed by atoms with van der Waals surface area (Å²) in [6.07, 6.45) is -3.52. The monoisotopic (exact) mass is 388 g/mol. The Bertz CT molecular complexity index is 837. The van der Waals surface area contributed by atoms with Crippen LogP contribution in [0.3, 0.4) is 0 Å². The molecule has 0 saturated heterocycles. The highest BCUT2D eigenvalue weighted by Gasteiger charge is 2.32. The zero-order chi connectivity index (χ0) is 19.4. The molecule has 1 aromatic carbocycles. The van der Waals surface area contributed by atoms with Crippen molar-refractivity contribution in [3.8, 4) is 0 Å². The number of rotatable bonds is 7. The minimum atomic E-state index is -4.54.